The highest BCUT2D eigenvalue weighted by molar-refractivity contribution is 4.97. The lowest BCUT2D eigenvalue weighted by atomic mass is 9.68. The van der Waals surface area contributed by atoms with Gasteiger partial charge in [-0.2, -0.15) is 0 Å². The van der Waals surface area contributed by atoms with Crippen LogP contribution in [0.2, 0.25) is 0 Å². The molecule has 104 valence electrons. The lowest BCUT2D eigenvalue weighted by molar-refractivity contribution is 0.0318. The number of nitrogens with one attached hydrogen (secondary N) is 1. The number of hydrogen-bond donors (Lipinski definition) is 1. The second-order valence-electron chi connectivity index (χ2n) is 7.45. The van der Waals surface area contributed by atoms with Gasteiger partial charge in [0, 0.05) is 19.1 Å². The van der Waals surface area contributed by atoms with E-state index in [-0.39, 0.29) is 0 Å². The average molecular weight is 250 g/mol. The van der Waals surface area contributed by atoms with E-state index in [1.165, 1.54) is 64.7 Å². The number of likely N-dealkylation sites (tertiary alicyclic amines) is 1. The Balaban J connectivity index is 1.46. The summed E-state index contributed by atoms with van der Waals surface area (Å²) in [5, 5.41) is 3.47. The molecule has 2 saturated heterocycles. The summed E-state index contributed by atoms with van der Waals surface area (Å²) in [6, 6.07) is 0.921. The Hall–Kier alpha value is -0.0800. The molecule has 3 rings (SSSR count). The molecular weight excluding hydrogens is 220 g/mol. The SMILES string of the molecule is CC(C)C1CCN(C2CCC3(CC2)CNC3)CC1. The fraction of sp³-hybridized carbons (Fsp3) is 1.00. The van der Waals surface area contributed by atoms with Crippen molar-refractivity contribution < 1.29 is 0 Å². The van der Waals surface area contributed by atoms with Gasteiger partial charge in [-0.15, -0.1) is 0 Å². The first-order chi connectivity index (χ1) is 8.69. The normalized spacial score (nSPS) is 30.8. The van der Waals surface area contributed by atoms with E-state index in [1.54, 1.807) is 0 Å². The first-order valence-electron chi connectivity index (χ1n) is 8.13. The van der Waals surface area contributed by atoms with Crippen molar-refractivity contribution in [2.75, 3.05) is 26.2 Å². The molecule has 2 aliphatic heterocycles. The Morgan fingerprint density at radius 3 is 2.06 bits per heavy atom. The summed E-state index contributed by atoms with van der Waals surface area (Å²) < 4.78 is 0. The van der Waals surface area contributed by atoms with Crippen LogP contribution in [0.25, 0.3) is 0 Å². The molecule has 1 aliphatic carbocycles. The highest BCUT2D eigenvalue weighted by Crippen LogP contribution is 2.41. The van der Waals surface area contributed by atoms with Crippen LogP contribution in [0.5, 0.6) is 0 Å². The van der Waals surface area contributed by atoms with Crippen molar-refractivity contribution in [2.45, 2.75) is 58.4 Å². The number of nitrogens with zero attached hydrogens (tertiary/aromatic N) is 1. The fourth-order valence-electron chi connectivity index (χ4n) is 4.36. The van der Waals surface area contributed by atoms with Gasteiger partial charge in [0.05, 0.1) is 0 Å². The summed E-state index contributed by atoms with van der Waals surface area (Å²) in [7, 11) is 0. The van der Waals surface area contributed by atoms with Gasteiger partial charge in [0.15, 0.2) is 0 Å². The predicted octanol–water partition coefficient (Wildman–Crippen LogP) is 2.89. The molecule has 0 aromatic carbocycles. The average Bonchev–Trinajstić information content (AvgIpc) is 2.37. The summed E-state index contributed by atoms with van der Waals surface area (Å²) in [4.78, 5) is 2.82. The second kappa shape index (κ2) is 5.13. The van der Waals surface area contributed by atoms with Crippen LogP contribution in [0.4, 0.5) is 0 Å². The van der Waals surface area contributed by atoms with E-state index >= 15 is 0 Å². The van der Waals surface area contributed by atoms with Crippen LogP contribution >= 0.6 is 0 Å². The summed E-state index contributed by atoms with van der Waals surface area (Å²) >= 11 is 0. The molecule has 0 atom stereocenters. The molecule has 0 aromatic heterocycles. The van der Waals surface area contributed by atoms with Gasteiger partial charge in [-0.3, -0.25) is 0 Å². The minimum Gasteiger partial charge on any atom is -0.316 e. The van der Waals surface area contributed by atoms with Crippen molar-refractivity contribution >= 4 is 0 Å². The zero-order valence-corrected chi connectivity index (χ0v) is 12.3. The van der Waals surface area contributed by atoms with Gasteiger partial charge in [0.2, 0.25) is 0 Å². The molecule has 2 heterocycles. The highest BCUT2D eigenvalue weighted by atomic mass is 15.2. The zero-order chi connectivity index (χ0) is 12.6. The molecular formula is C16H30N2. The van der Waals surface area contributed by atoms with E-state index in [1.807, 2.05) is 0 Å². The number of piperidine rings is 1. The van der Waals surface area contributed by atoms with Gasteiger partial charge < -0.3 is 10.2 Å². The van der Waals surface area contributed by atoms with Gasteiger partial charge in [-0.1, -0.05) is 13.8 Å². The highest BCUT2D eigenvalue weighted by Gasteiger charge is 2.41. The van der Waals surface area contributed by atoms with Crippen molar-refractivity contribution in [3.63, 3.8) is 0 Å². The van der Waals surface area contributed by atoms with Crippen LogP contribution in [0, 0.1) is 17.3 Å². The number of rotatable bonds is 2. The van der Waals surface area contributed by atoms with Gasteiger partial charge >= 0.3 is 0 Å². The minimum atomic E-state index is 0.729. The van der Waals surface area contributed by atoms with E-state index in [9.17, 15) is 0 Å². The maximum Gasteiger partial charge on any atom is 0.00957 e. The Bertz CT molecular complexity index is 265. The van der Waals surface area contributed by atoms with Crippen molar-refractivity contribution in [3.8, 4) is 0 Å². The molecule has 1 saturated carbocycles. The molecule has 2 heteroatoms. The largest absolute Gasteiger partial charge is 0.316 e. The van der Waals surface area contributed by atoms with Crippen molar-refractivity contribution in [1.82, 2.24) is 10.2 Å². The second-order valence-corrected chi connectivity index (χ2v) is 7.45. The van der Waals surface area contributed by atoms with E-state index in [4.69, 9.17) is 0 Å². The van der Waals surface area contributed by atoms with Gasteiger partial charge in [0.25, 0.3) is 0 Å². The molecule has 0 amide bonds. The summed E-state index contributed by atoms with van der Waals surface area (Å²) in [6.45, 7) is 10.1. The molecule has 18 heavy (non-hydrogen) atoms. The van der Waals surface area contributed by atoms with Gasteiger partial charge in [-0.25, -0.2) is 0 Å². The summed E-state index contributed by atoms with van der Waals surface area (Å²) in [6.07, 6.45) is 8.79. The quantitative estimate of drug-likeness (QED) is 0.810. The van der Waals surface area contributed by atoms with Crippen LogP contribution in [0.3, 0.4) is 0 Å². The molecule has 0 unspecified atom stereocenters. The zero-order valence-electron chi connectivity index (χ0n) is 12.3. The first kappa shape index (κ1) is 12.9. The minimum absolute atomic E-state index is 0.729. The van der Waals surface area contributed by atoms with E-state index < -0.39 is 0 Å². The fourth-order valence-corrected chi connectivity index (χ4v) is 4.36. The Labute approximate surface area is 113 Å². The molecule has 0 aromatic rings. The van der Waals surface area contributed by atoms with Crippen molar-refractivity contribution in [1.29, 1.82) is 0 Å². The maximum absolute atomic E-state index is 3.47. The maximum atomic E-state index is 3.47. The third-order valence-corrected chi connectivity index (χ3v) is 6.05. The summed E-state index contributed by atoms with van der Waals surface area (Å²) in [5.41, 5.74) is 0.729. The van der Waals surface area contributed by atoms with E-state index in [2.05, 4.69) is 24.1 Å². The molecule has 1 spiro atoms. The summed E-state index contributed by atoms with van der Waals surface area (Å²) in [5.74, 6) is 1.88. The third-order valence-electron chi connectivity index (χ3n) is 6.05. The molecule has 2 nitrogen and oxygen atoms in total. The smallest absolute Gasteiger partial charge is 0.00957 e. The van der Waals surface area contributed by atoms with Crippen LogP contribution < -0.4 is 5.32 Å². The lowest BCUT2D eigenvalue weighted by Gasteiger charge is -2.50. The van der Waals surface area contributed by atoms with Crippen LogP contribution in [0.1, 0.15) is 52.4 Å². The molecule has 3 aliphatic rings. The van der Waals surface area contributed by atoms with Crippen molar-refractivity contribution in [2.24, 2.45) is 17.3 Å². The topological polar surface area (TPSA) is 15.3 Å². The lowest BCUT2D eigenvalue weighted by Crippen LogP contribution is -2.57. The monoisotopic (exact) mass is 250 g/mol. The molecule has 0 bridgehead atoms. The van der Waals surface area contributed by atoms with Gasteiger partial charge in [-0.05, 0) is 68.9 Å². The van der Waals surface area contributed by atoms with Crippen molar-refractivity contribution in [3.05, 3.63) is 0 Å². The van der Waals surface area contributed by atoms with E-state index in [0.29, 0.717) is 0 Å². The Morgan fingerprint density at radius 2 is 1.61 bits per heavy atom. The predicted molar refractivity (Wildman–Crippen MR) is 76.7 cm³/mol. The van der Waals surface area contributed by atoms with Crippen LogP contribution in [0.15, 0.2) is 0 Å². The number of hydrogen-bond acceptors (Lipinski definition) is 2. The Kier molecular flexibility index (Phi) is 3.68. The third kappa shape index (κ3) is 2.46. The van der Waals surface area contributed by atoms with Crippen LogP contribution in [-0.2, 0) is 0 Å². The van der Waals surface area contributed by atoms with Crippen LogP contribution in [-0.4, -0.2) is 37.1 Å². The Morgan fingerprint density at radius 1 is 1.00 bits per heavy atom. The molecule has 1 N–H and O–H groups in total. The van der Waals surface area contributed by atoms with Gasteiger partial charge in [0.1, 0.15) is 0 Å². The standard InChI is InChI=1S/C16H30N2/c1-13(2)14-5-9-18(10-6-14)15-3-7-16(8-4-15)11-17-12-16/h13-15,17H,3-12H2,1-2H3. The first-order valence-corrected chi connectivity index (χ1v) is 8.13. The van der Waals surface area contributed by atoms with E-state index in [0.717, 1.165) is 23.3 Å². The molecule has 3 fully saturated rings. The molecule has 0 radical (unpaired) electrons.